The number of halogens is 3. The van der Waals surface area contributed by atoms with E-state index >= 15 is 0 Å². The summed E-state index contributed by atoms with van der Waals surface area (Å²) < 4.78 is 14.0. The molecular weight excluding hydrogens is 386 g/mol. The molecule has 4 rings (SSSR count). The average molecular weight is 407 g/mol. The monoisotopic (exact) mass is 406 g/mol. The quantitative estimate of drug-likeness (QED) is 0.741. The molecule has 0 spiro atoms. The van der Waals surface area contributed by atoms with E-state index < -0.39 is 0 Å². The van der Waals surface area contributed by atoms with E-state index in [4.69, 9.17) is 23.2 Å². The number of rotatable bonds is 4. The summed E-state index contributed by atoms with van der Waals surface area (Å²) in [7, 11) is 0. The van der Waals surface area contributed by atoms with E-state index in [1.165, 1.54) is 6.07 Å². The summed E-state index contributed by atoms with van der Waals surface area (Å²) in [5, 5.41) is 1.19. The fourth-order valence-electron chi connectivity index (χ4n) is 3.86. The molecule has 0 radical (unpaired) electrons. The van der Waals surface area contributed by atoms with E-state index in [9.17, 15) is 9.18 Å². The molecule has 0 aromatic heterocycles. The Morgan fingerprint density at radius 3 is 2.41 bits per heavy atom. The van der Waals surface area contributed by atoms with Crippen molar-refractivity contribution in [1.82, 2.24) is 9.80 Å². The van der Waals surface area contributed by atoms with Crippen LogP contribution in [-0.4, -0.2) is 41.9 Å². The summed E-state index contributed by atoms with van der Waals surface area (Å²) in [5.41, 5.74) is 1.60. The molecule has 1 aliphatic heterocycles. The van der Waals surface area contributed by atoms with Gasteiger partial charge in [-0.25, -0.2) is 4.39 Å². The molecule has 27 heavy (non-hydrogen) atoms. The van der Waals surface area contributed by atoms with Gasteiger partial charge in [-0.1, -0.05) is 47.5 Å². The number of carbonyl (C=O) groups is 1. The second-order valence-electron chi connectivity index (χ2n) is 7.27. The molecule has 2 aromatic rings. The van der Waals surface area contributed by atoms with Crippen molar-refractivity contribution >= 4 is 29.1 Å². The van der Waals surface area contributed by atoms with Crippen LogP contribution in [0.3, 0.4) is 0 Å². The molecule has 2 fully saturated rings. The van der Waals surface area contributed by atoms with Crippen molar-refractivity contribution in [2.24, 2.45) is 5.92 Å². The first kappa shape index (κ1) is 18.7. The van der Waals surface area contributed by atoms with Gasteiger partial charge in [-0.05, 0) is 36.1 Å². The van der Waals surface area contributed by atoms with Gasteiger partial charge in [0.05, 0.1) is 0 Å². The third-order valence-corrected chi connectivity index (χ3v) is 6.24. The second-order valence-corrected chi connectivity index (χ2v) is 8.09. The topological polar surface area (TPSA) is 23.6 Å². The zero-order chi connectivity index (χ0) is 19.0. The fourth-order valence-corrected chi connectivity index (χ4v) is 4.35. The average Bonchev–Trinajstić information content (AvgIpc) is 3.46. The fraction of sp³-hybridized carbons (Fsp3) is 0.381. The normalized spacial score (nSPS) is 22.7. The minimum Gasteiger partial charge on any atom is -0.340 e. The van der Waals surface area contributed by atoms with Gasteiger partial charge in [0.1, 0.15) is 5.82 Å². The maximum absolute atomic E-state index is 14.0. The highest BCUT2D eigenvalue weighted by Gasteiger charge is 2.46. The van der Waals surface area contributed by atoms with Crippen LogP contribution in [0.4, 0.5) is 4.39 Å². The third kappa shape index (κ3) is 3.98. The number of nitrogens with zero attached hydrogens (tertiary/aromatic N) is 2. The smallest absolute Gasteiger partial charge is 0.226 e. The molecule has 1 saturated heterocycles. The Balaban J connectivity index is 1.32. The Bertz CT molecular complexity index is 832. The van der Waals surface area contributed by atoms with Crippen LogP contribution in [0.1, 0.15) is 23.5 Å². The molecule has 2 unspecified atom stereocenters. The van der Waals surface area contributed by atoms with Crippen molar-refractivity contribution in [2.45, 2.75) is 18.9 Å². The predicted molar refractivity (Wildman–Crippen MR) is 106 cm³/mol. The van der Waals surface area contributed by atoms with Gasteiger partial charge in [-0.3, -0.25) is 9.69 Å². The zero-order valence-corrected chi connectivity index (χ0v) is 16.4. The first-order valence-electron chi connectivity index (χ1n) is 9.23. The molecule has 1 saturated carbocycles. The summed E-state index contributed by atoms with van der Waals surface area (Å²) in [6.45, 7) is 3.24. The molecule has 6 heteroatoms. The Morgan fingerprint density at radius 1 is 1.00 bits per heavy atom. The van der Waals surface area contributed by atoms with Gasteiger partial charge in [0.25, 0.3) is 0 Å². The van der Waals surface area contributed by atoms with Crippen LogP contribution in [0, 0.1) is 11.7 Å². The van der Waals surface area contributed by atoms with Crippen molar-refractivity contribution in [3.63, 3.8) is 0 Å². The van der Waals surface area contributed by atoms with E-state index in [-0.39, 0.29) is 23.6 Å². The third-order valence-electron chi connectivity index (χ3n) is 5.54. The molecule has 2 aromatic carbocycles. The van der Waals surface area contributed by atoms with Crippen molar-refractivity contribution in [3.8, 4) is 0 Å². The van der Waals surface area contributed by atoms with E-state index in [0.717, 1.165) is 30.1 Å². The highest BCUT2D eigenvalue weighted by Crippen LogP contribution is 2.50. The summed E-state index contributed by atoms with van der Waals surface area (Å²) in [6.07, 6.45) is 0.869. The maximum Gasteiger partial charge on any atom is 0.226 e. The lowest BCUT2D eigenvalue weighted by molar-refractivity contribution is -0.134. The van der Waals surface area contributed by atoms with Crippen molar-refractivity contribution in [2.75, 3.05) is 26.2 Å². The molecule has 1 heterocycles. The largest absolute Gasteiger partial charge is 0.340 e. The number of amides is 1. The summed E-state index contributed by atoms with van der Waals surface area (Å²) in [4.78, 5) is 16.9. The minimum atomic E-state index is -0.276. The van der Waals surface area contributed by atoms with E-state index in [2.05, 4.69) is 4.90 Å². The summed E-state index contributed by atoms with van der Waals surface area (Å²) >= 11 is 12.4. The molecule has 2 aliphatic rings. The van der Waals surface area contributed by atoms with Gasteiger partial charge < -0.3 is 4.90 Å². The van der Waals surface area contributed by atoms with Crippen LogP contribution in [0.15, 0.2) is 42.5 Å². The first-order valence-corrected chi connectivity index (χ1v) is 9.98. The summed E-state index contributed by atoms with van der Waals surface area (Å²) in [5.74, 6) is 0.212. The highest BCUT2D eigenvalue weighted by molar-refractivity contribution is 6.31. The van der Waals surface area contributed by atoms with Crippen LogP contribution in [0.2, 0.25) is 10.0 Å². The summed E-state index contributed by atoms with van der Waals surface area (Å²) in [6, 6.07) is 12.5. The van der Waals surface area contributed by atoms with Gasteiger partial charge >= 0.3 is 0 Å². The number of hydrogen-bond donors (Lipinski definition) is 0. The molecule has 1 amide bonds. The van der Waals surface area contributed by atoms with Gasteiger partial charge in [0, 0.05) is 54.3 Å². The van der Waals surface area contributed by atoms with E-state index in [0.29, 0.717) is 30.2 Å². The van der Waals surface area contributed by atoms with E-state index in [1.54, 1.807) is 12.1 Å². The van der Waals surface area contributed by atoms with Crippen molar-refractivity contribution in [1.29, 1.82) is 0 Å². The standard InChI is InChI=1S/C21H21Cl2FN2O/c22-18-5-2-1-4-14(18)15-12-16(15)21(27)26-10-8-25(9-11-26)13-17-19(23)6-3-7-20(17)24/h1-7,15-16H,8-13H2. The molecular formula is C21H21Cl2FN2O. The Hall–Kier alpha value is -1.62. The lowest BCUT2D eigenvalue weighted by atomic mass is 10.1. The van der Waals surface area contributed by atoms with Crippen LogP contribution in [0.25, 0.3) is 0 Å². The van der Waals surface area contributed by atoms with Gasteiger partial charge in [0.15, 0.2) is 0 Å². The predicted octanol–water partition coefficient (Wildman–Crippen LogP) is 4.58. The van der Waals surface area contributed by atoms with Crippen LogP contribution in [-0.2, 0) is 11.3 Å². The molecule has 1 aliphatic carbocycles. The van der Waals surface area contributed by atoms with Gasteiger partial charge in [-0.15, -0.1) is 0 Å². The lowest BCUT2D eigenvalue weighted by Crippen LogP contribution is -2.49. The Kier molecular flexibility index (Phi) is 5.40. The first-order chi connectivity index (χ1) is 13.0. The lowest BCUT2D eigenvalue weighted by Gasteiger charge is -2.35. The number of piperazine rings is 1. The molecule has 142 valence electrons. The van der Waals surface area contributed by atoms with Crippen molar-refractivity contribution < 1.29 is 9.18 Å². The number of hydrogen-bond acceptors (Lipinski definition) is 2. The van der Waals surface area contributed by atoms with Gasteiger partial charge in [0.2, 0.25) is 5.91 Å². The van der Waals surface area contributed by atoms with E-state index in [1.807, 2.05) is 29.2 Å². The van der Waals surface area contributed by atoms with Crippen LogP contribution < -0.4 is 0 Å². The molecule has 2 atom stereocenters. The van der Waals surface area contributed by atoms with Crippen molar-refractivity contribution in [3.05, 3.63) is 69.5 Å². The van der Waals surface area contributed by atoms with Gasteiger partial charge in [-0.2, -0.15) is 0 Å². The van der Waals surface area contributed by atoms with Crippen LogP contribution >= 0.6 is 23.2 Å². The molecule has 3 nitrogen and oxygen atoms in total. The second kappa shape index (κ2) is 7.78. The minimum absolute atomic E-state index is 0.0393. The number of carbonyl (C=O) groups excluding carboxylic acids is 1. The SMILES string of the molecule is O=C(C1CC1c1ccccc1Cl)N1CCN(Cc2c(F)cccc2Cl)CC1. The Morgan fingerprint density at radius 2 is 1.70 bits per heavy atom. The zero-order valence-electron chi connectivity index (χ0n) is 14.9. The molecule has 0 bridgehead atoms. The highest BCUT2D eigenvalue weighted by atomic mass is 35.5. The number of benzene rings is 2. The maximum atomic E-state index is 14.0. The van der Waals surface area contributed by atoms with Crippen LogP contribution in [0.5, 0.6) is 0 Å². The molecule has 0 N–H and O–H groups in total. The Labute approximate surface area is 168 Å².